The van der Waals surface area contributed by atoms with Crippen molar-refractivity contribution in [2.45, 2.75) is 25.8 Å². The smallest absolute Gasteiger partial charge is 0.273 e. The molecular weight excluding hydrogens is 266 g/mol. The van der Waals surface area contributed by atoms with Crippen molar-refractivity contribution in [1.82, 2.24) is 20.3 Å². The summed E-state index contributed by atoms with van der Waals surface area (Å²) in [7, 11) is 0. The Bertz CT molecular complexity index is 647. The van der Waals surface area contributed by atoms with E-state index in [2.05, 4.69) is 15.6 Å². The molecular formula is C15H19N5O. The van der Waals surface area contributed by atoms with E-state index >= 15 is 0 Å². The van der Waals surface area contributed by atoms with Crippen molar-refractivity contribution < 1.29 is 4.79 Å². The molecule has 0 bridgehead atoms. The molecule has 0 spiro atoms. The van der Waals surface area contributed by atoms with E-state index in [1.807, 2.05) is 31.2 Å². The third-order valence-electron chi connectivity index (χ3n) is 3.72. The number of hydrogen-bond acceptors (Lipinski definition) is 4. The van der Waals surface area contributed by atoms with Gasteiger partial charge in [-0.2, -0.15) is 0 Å². The van der Waals surface area contributed by atoms with Crippen LogP contribution >= 0.6 is 0 Å². The molecule has 0 radical (unpaired) electrons. The fraction of sp³-hybridized carbons (Fsp3) is 0.400. The molecule has 3 N–H and O–H groups in total. The lowest BCUT2D eigenvalue weighted by Crippen LogP contribution is -2.38. The quantitative estimate of drug-likeness (QED) is 0.859. The minimum atomic E-state index is -0.231. The van der Waals surface area contributed by atoms with Crippen LogP contribution in [-0.4, -0.2) is 33.5 Å². The first-order valence-electron chi connectivity index (χ1n) is 7.16. The van der Waals surface area contributed by atoms with Crippen LogP contribution in [0.2, 0.25) is 0 Å². The zero-order chi connectivity index (χ0) is 14.8. The van der Waals surface area contributed by atoms with E-state index in [4.69, 9.17) is 5.73 Å². The van der Waals surface area contributed by atoms with E-state index in [1.165, 1.54) is 12.8 Å². The summed E-state index contributed by atoms with van der Waals surface area (Å²) >= 11 is 0. The second-order valence-electron chi connectivity index (χ2n) is 5.60. The van der Waals surface area contributed by atoms with Crippen LogP contribution in [0.4, 0.5) is 0 Å². The molecule has 6 nitrogen and oxygen atoms in total. The Kier molecular flexibility index (Phi) is 3.70. The van der Waals surface area contributed by atoms with Crippen LogP contribution in [0.5, 0.6) is 0 Å². The molecule has 1 heterocycles. The molecule has 0 saturated heterocycles. The summed E-state index contributed by atoms with van der Waals surface area (Å²) in [6.45, 7) is 2.49. The Balaban J connectivity index is 1.65. The highest BCUT2D eigenvalue weighted by Gasteiger charge is 2.28. The molecule has 1 aliphatic rings. The molecule has 3 rings (SSSR count). The maximum atomic E-state index is 12.0. The zero-order valence-corrected chi connectivity index (χ0v) is 12.0. The molecule has 1 aromatic heterocycles. The molecule has 1 saturated carbocycles. The van der Waals surface area contributed by atoms with Gasteiger partial charge in [0.15, 0.2) is 5.69 Å². The highest BCUT2D eigenvalue weighted by atomic mass is 16.2. The number of benzene rings is 1. The zero-order valence-electron chi connectivity index (χ0n) is 12.0. The fourth-order valence-corrected chi connectivity index (χ4v) is 2.26. The van der Waals surface area contributed by atoms with Crippen LogP contribution in [0, 0.1) is 12.8 Å². The second-order valence-corrected chi connectivity index (χ2v) is 5.60. The minimum absolute atomic E-state index is 0.0424. The summed E-state index contributed by atoms with van der Waals surface area (Å²) in [4.78, 5) is 12.0. The maximum Gasteiger partial charge on any atom is 0.273 e. The molecule has 110 valence electrons. The number of hydrogen-bond donors (Lipinski definition) is 2. The lowest BCUT2D eigenvalue weighted by atomic mass is 10.2. The Hall–Kier alpha value is -2.21. The number of aromatic nitrogens is 3. The van der Waals surface area contributed by atoms with Crippen molar-refractivity contribution in [3.05, 3.63) is 41.7 Å². The van der Waals surface area contributed by atoms with Crippen LogP contribution in [0.1, 0.15) is 28.9 Å². The molecule has 1 fully saturated rings. The lowest BCUT2D eigenvalue weighted by Gasteiger charge is -2.10. The van der Waals surface area contributed by atoms with Crippen molar-refractivity contribution in [2.75, 3.05) is 6.54 Å². The minimum Gasteiger partial charge on any atom is -0.349 e. The number of amides is 1. The van der Waals surface area contributed by atoms with Crippen molar-refractivity contribution in [1.29, 1.82) is 0 Å². The largest absolute Gasteiger partial charge is 0.349 e. The van der Waals surface area contributed by atoms with E-state index in [0.29, 0.717) is 18.2 Å². The summed E-state index contributed by atoms with van der Waals surface area (Å²) < 4.78 is 1.60. The predicted octanol–water partition coefficient (Wildman–Crippen LogP) is 1.04. The normalized spacial score (nSPS) is 15.7. The highest BCUT2D eigenvalue weighted by molar-refractivity contribution is 5.91. The average Bonchev–Trinajstić information content (AvgIpc) is 3.21. The number of aryl methyl sites for hydroxylation is 1. The molecule has 1 atom stereocenters. The van der Waals surface area contributed by atoms with Crippen LogP contribution in [0.3, 0.4) is 0 Å². The van der Waals surface area contributed by atoms with Gasteiger partial charge in [0.25, 0.3) is 5.91 Å². The first kappa shape index (κ1) is 13.8. The van der Waals surface area contributed by atoms with Gasteiger partial charge < -0.3 is 11.1 Å². The number of nitrogens with one attached hydrogen (secondary N) is 1. The van der Waals surface area contributed by atoms with Gasteiger partial charge >= 0.3 is 0 Å². The summed E-state index contributed by atoms with van der Waals surface area (Å²) in [5.74, 6) is 0.332. The Morgan fingerprint density at radius 2 is 2.33 bits per heavy atom. The van der Waals surface area contributed by atoms with Crippen LogP contribution in [0.15, 0.2) is 30.5 Å². The summed E-state index contributed by atoms with van der Waals surface area (Å²) in [5, 5.41) is 10.7. The standard InChI is InChI=1S/C15H19N5O/c1-10-3-2-4-12(7-10)20-9-14(18-19-20)15(21)17-8-13(16)11-5-6-11/h2-4,7,9,11,13H,5-6,8,16H2,1H3,(H,17,21). The van der Waals surface area contributed by atoms with E-state index in [0.717, 1.165) is 11.3 Å². The lowest BCUT2D eigenvalue weighted by molar-refractivity contribution is 0.0945. The van der Waals surface area contributed by atoms with Gasteiger partial charge in [0.05, 0.1) is 11.9 Å². The van der Waals surface area contributed by atoms with E-state index in [1.54, 1.807) is 10.9 Å². The number of rotatable bonds is 5. The fourth-order valence-electron chi connectivity index (χ4n) is 2.26. The number of carbonyl (C=O) groups is 1. The summed E-state index contributed by atoms with van der Waals surface area (Å²) in [5.41, 5.74) is 8.28. The molecule has 1 aromatic carbocycles. The summed E-state index contributed by atoms with van der Waals surface area (Å²) in [6, 6.07) is 7.90. The van der Waals surface area contributed by atoms with Gasteiger partial charge in [0, 0.05) is 12.6 Å². The van der Waals surface area contributed by atoms with Gasteiger partial charge in [-0.1, -0.05) is 17.3 Å². The molecule has 1 aliphatic carbocycles. The van der Waals surface area contributed by atoms with Gasteiger partial charge in [0.2, 0.25) is 0 Å². The maximum absolute atomic E-state index is 12.0. The van der Waals surface area contributed by atoms with Gasteiger partial charge in [-0.3, -0.25) is 4.79 Å². The first-order valence-corrected chi connectivity index (χ1v) is 7.16. The Morgan fingerprint density at radius 3 is 3.05 bits per heavy atom. The molecule has 0 aliphatic heterocycles. The highest BCUT2D eigenvalue weighted by Crippen LogP contribution is 2.31. The van der Waals surface area contributed by atoms with E-state index in [-0.39, 0.29) is 11.9 Å². The van der Waals surface area contributed by atoms with Crippen molar-refractivity contribution in [3.8, 4) is 5.69 Å². The second kappa shape index (κ2) is 5.65. The van der Waals surface area contributed by atoms with Gasteiger partial charge in [-0.15, -0.1) is 5.10 Å². The Morgan fingerprint density at radius 1 is 1.52 bits per heavy atom. The van der Waals surface area contributed by atoms with Crippen molar-refractivity contribution in [2.24, 2.45) is 11.7 Å². The molecule has 6 heteroatoms. The molecule has 1 amide bonds. The first-order chi connectivity index (χ1) is 10.1. The van der Waals surface area contributed by atoms with E-state index < -0.39 is 0 Å². The van der Waals surface area contributed by atoms with Crippen LogP contribution in [-0.2, 0) is 0 Å². The third-order valence-corrected chi connectivity index (χ3v) is 3.72. The molecule has 1 unspecified atom stereocenters. The van der Waals surface area contributed by atoms with E-state index in [9.17, 15) is 4.79 Å². The van der Waals surface area contributed by atoms with Crippen molar-refractivity contribution >= 4 is 5.91 Å². The average molecular weight is 285 g/mol. The third kappa shape index (κ3) is 3.28. The Labute approximate surface area is 123 Å². The number of nitrogens with two attached hydrogens (primary N) is 1. The monoisotopic (exact) mass is 285 g/mol. The number of carbonyl (C=O) groups excluding carboxylic acids is 1. The predicted molar refractivity (Wildman–Crippen MR) is 79.1 cm³/mol. The summed E-state index contributed by atoms with van der Waals surface area (Å²) in [6.07, 6.45) is 3.97. The van der Waals surface area contributed by atoms with Crippen molar-refractivity contribution in [3.63, 3.8) is 0 Å². The van der Waals surface area contributed by atoms with Crippen LogP contribution < -0.4 is 11.1 Å². The van der Waals surface area contributed by atoms with Gasteiger partial charge in [0.1, 0.15) is 0 Å². The topological polar surface area (TPSA) is 85.8 Å². The van der Waals surface area contributed by atoms with Gasteiger partial charge in [-0.05, 0) is 43.4 Å². The van der Waals surface area contributed by atoms with Gasteiger partial charge in [-0.25, -0.2) is 4.68 Å². The van der Waals surface area contributed by atoms with Crippen LogP contribution in [0.25, 0.3) is 5.69 Å². The molecule has 2 aromatic rings. The number of nitrogens with zero attached hydrogens (tertiary/aromatic N) is 3. The molecule has 21 heavy (non-hydrogen) atoms. The SMILES string of the molecule is Cc1cccc(-n2cc(C(=O)NCC(N)C3CC3)nn2)c1.